The number of nitrogens with zero attached hydrogens (tertiary/aromatic N) is 1. The fourth-order valence-corrected chi connectivity index (χ4v) is 4.01. The van der Waals surface area contributed by atoms with Gasteiger partial charge in [-0.3, -0.25) is 0 Å². The third-order valence-electron chi connectivity index (χ3n) is 3.41. The molecule has 2 N–H and O–H groups in total. The molecule has 0 spiro atoms. The van der Waals surface area contributed by atoms with Crippen molar-refractivity contribution < 1.29 is 8.42 Å². The summed E-state index contributed by atoms with van der Waals surface area (Å²) in [5.41, 5.74) is 6.69. The average Bonchev–Trinajstić information content (AvgIpc) is 3.18. The Balaban J connectivity index is 1.95. The van der Waals surface area contributed by atoms with Crippen LogP contribution in [0.25, 0.3) is 0 Å². The predicted octanol–water partition coefficient (Wildman–Crippen LogP) is 1.23. The molecular formula is C14H22N2O2S. The molecule has 0 bridgehead atoms. The summed E-state index contributed by atoms with van der Waals surface area (Å²) in [7, 11) is -3.14. The third kappa shape index (κ3) is 4.60. The standard InChI is InChI=1S/C14H22N2O2S/c15-9-11-16(19(17,18)12-14-6-7-14)10-8-13-4-2-1-3-5-13/h1-5,14H,6-12,15H2. The van der Waals surface area contributed by atoms with Gasteiger partial charge in [-0.1, -0.05) is 30.3 Å². The Kier molecular flexibility index (Phi) is 4.96. The summed E-state index contributed by atoms with van der Waals surface area (Å²) in [5, 5.41) is 0. The maximum Gasteiger partial charge on any atom is 0.214 e. The van der Waals surface area contributed by atoms with Crippen LogP contribution in [-0.4, -0.2) is 38.1 Å². The van der Waals surface area contributed by atoms with Gasteiger partial charge in [0.15, 0.2) is 0 Å². The van der Waals surface area contributed by atoms with Gasteiger partial charge in [-0.15, -0.1) is 0 Å². The van der Waals surface area contributed by atoms with E-state index in [1.165, 1.54) is 0 Å². The molecular weight excluding hydrogens is 260 g/mol. The second kappa shape index (κ2) is 6.50. The van der Waals surface area contributed by atoms with Crippen LogP contribution in [0.15, 0.2) is 30.3 Å². The molecule has 0 saturated heterocycles. The summed E-state index contributed by atoms with van der Waals surface area (Å²) in [5.74, 6) is 0.670. The molecule has 106 valence electrons. The second-order valence-electron chi connectivity index (χ2n) is 5.15. The van der Waals surface area contributed by atoms with E-state index in [0.717, 1.165) is 24.8 Å². The molecule has 2 rings (SSSR count). The molecule has 19 heavy (non-hydrogen) atoms. The SMILES string of the molecule is NCCN(CCc1ccccc1)S(=O)(=O)CC1CC1. The summed E-state index contributed by atoms with van der Waals surface area (Å²) in [6.07, 6.45) is 2.84. The lowest BCUT2D eigenvalue weighted by molar-refractivity contribution is 0.420. The highest BCUT2D eigenvalue weighted by atomic mass is 32.2. The van der Waals surface area contributed by atoms with E-state index in [9.17, 15) is 8.42 Å². The summed E-state index contributed by atoms with van der Waals surface area (Å²) >= 11 is 0. The largest absolute Gasteiger partial charge is 0.329 e. The van der Waals surface area contributed by atoms with E-state index in [4.69, 9.17) is 5.73 Å². The zero-order chi connectivity index (χ0) is 13.7. The first-order valence-corrected chi connectivity index (χ1v) is 8.44. The van der Waals surface area contributed by atoms with Crippen LogP contribution in [0.5, 0.6) is 0 Å². The summed E-state index contributed by atoms with van der Waals surface area (Å²) in [6.45, 7) is 1.32. The first kappa shape index (κ1) is 14.5. The predicted molar refractivity (Wildman–Crippen MR) is 77.3 cm³/mol. The number of rotatable bonds is 8. The van der Waals surface area contributed by atoms with Gasteiger partial charge in [0.25, 0.3) is 0 Å². The Hall–Kier alpha value is -0.910. The number of sulfonamides is 1. The van der Waals surface area contributed by atoms with Gasteiger partial charge in [0, 0.05) is 19.6 Å². The molecule has 1 fully saturated rings. The molecule has 0 aliphatic heterocycles. The minimum atomic E-state index is -3.14. The van der Waals surface area contributed by atoms with Crippen molar-refractivity contribution in [3.8, 4) is 0 Å². The van der Waals surface area contributed by atoms with E-state index >= 15 is 0 Å². The van der Waals surface area contributed by atoms with Gasteiger partial charge in [0.2, 0.25) is 10.0 Å². The average molecular weight is 282 g/mol. The highest BCUT2D eigenvalue weighted by Crippen LogP contribution is 2.31. The maximum atomic E-state index is 12.3. The first-order valence-electron chi connectivity index (χ1n) is 6.83. The lowest BCUT2D eigenvalue weighted by Gasteiger charge is -2.21. The third-order valence-corrected chi connectivity index (χ3v) is 5.45. The molecule has 0 radical (unpaired) electrons. The van der Waals surface area contributed by atoms with Crippen molar-refractivity contribution in [1.82, 2.24) is 4.31 Å². The fraction of sp³-hybridized carbons (Fsp3) is 0.571. The number of benzene rings is 1. The summed E-state index contributed by atoms with van der Waals surface area (Å²) < 4.78 is 26.1. The van der Waals surface area contributed by atoms with E-state index < -0.39 is 10.0 Å². The maximum absolute atomic E-state index is 12.3. The molecule has 0 atom stereocenters. The van der Waals surface area contributed by atoms with Crippen molar-refractivity contribution in [2.24, 2.45) is 11.7 Å². The van der Waals surface area contributed by atoms with Crippen LogP contribution in [-0.2, 0) is 16.4 Å². The summed E-state index contributed by atoms with van der Waals surface area (Å²) in [4.78, 5) is 0. The Labute approximate surface area is 115 Å². The Morgan fingerprint density at radius 3 is 2.42 bits per heavy atom. The van der Waals surface area contributed by atoms with Crippen LogP contribution in [0, 0.1) is 5.92 Å². The first-order chi connectivity index (χ1) is 9.12. The Morgan fingerprint density at radius 1 is 1.16 bits per heavy atom. The number of nitrogens with two attached hydrogens (primary N) is 1. The van der Waals surface area contributed by atoms with E-state index in [1.54, 1.807) is 4.31 Å². The van der Waals surface area contributed by atoms with Crippen molar-refractivity contribution in [2.45, 2.75) is 19.3 Å². The van der Waals surface area contributed by atoms with Gasteiger partial charge in [-0.25, -0.2) is 12.7 Å². The van der Waals surface area contributed by atoms with E-state index in [2.05, 4.69) is 0 Å². The number of hydrogen-bond acceptors (Lipinski definition) is 3. The lowest BCUT2D eigenvalue weighted by atomic mass is 10.1. The van der Waals surface area contributed by atoms with Crippen LogP contribution in [0.4, 0.5) is 0 Å². The Bertz CT molecular complexity index is 483. The fourth-order valence-electron chi connectivity index (χ4n) is 2.12. The molecule has 0 heterocycles. The number of hydrogen-bond donors (Lipinski definition) is 1. The van der Waals surface area contributed by atoms with Crippen molar-refractivity contribution >= 4 is 10.0 Å². The van der Waals surface area contributed by atoms with Crippen LogP contribution in [0.1, 0.15) is 18.4 Å². The van der Waals surface area contributed by atoms with Gasteiger partial charge in [0.1, 0.15) is 0 Å². The van der Waals surface area contributed by atoms with Crippen molar-refractivity contribution in [1.29, 1.82) is 0 Å². The highest BCUT2D eigenvalue weighted by molar-refractivity contribution is 7.89. The lowest BCUT2D eigenvalue weighted by Crippen LogP contribution is -2.38. The zero-order valence-electron chi connectivity index (χ0n) is 11.2. The van der Waals surface area contributed by atoms with Crippen molar-refractivity contribution in [3.63, 3.8) is 0 Å². The quantitative estimate of drug-likeness (QED) is 0.780. The van der Waals surface area contributed by atoms with Crippen LogP contribution in [0.3, 0.4) is 0 Å². The van der Waals surface area contributed by atoms with Gasteiger partial charge < -0.3 is 5.73 Å². The molecule has 1 aromatic carbocycles. The highest BCUT2D eigenvalue weighted by Gasteiger charge is 2.31. The molecule has 0 aromatic heterocycles. The van der Waals surface area contributed by atoms with Crippen LogP contribution >= 0.6 is 0 Å². The smallest absolute Gasteiger partial charge is 0.214 e. The molecule has 5 heteroatoms. The van der Waals surface area contributed by atoms with E-state index in [-0.39, 0.29) is 0 Å². The van der Waals surface area contributed by atoms with Crippen LogP contribution in [0.2, 0.25) is 0 Å². The van der Waals surface area contributed by atoms with Gasteiger partial charge >= 0.3 is 0 Å². The minimum absolute atomic E-state index is 0.293. The van der Waals surface area contributed by atoms with Crippen LogP contribution < -0.4 is 5.73 Å². The second-order valence-corrected chi connectivity index (χ2v) is 7.16. The monoisotopic (exact) mass is 282 g/mol. The molecule has 1 aliphatic carbocycles. The minimum Gasteiger partial charge on any atom is -0.329 e. The van der Waals surface area contributed by atoms with Gasteiger partial charge in [-0.05, 0) is 30.7 Å². The zero-order valence-corrected chi connectivity index (χ0v) is 12.0. The molecule has 1 saturated carbocycles. The summed E-state index contributed by atoms with van der Waals surface area (Å²) in [6, 6.07) is 9.95. The van der Waals surface area contributed by atoms with Gasteiger partial charge in [-0.2, -0.15) is 0 Å². The van der Waals surface area contributed by atoms with E-state index in [0.29, 0.717) is 31.3 Å². The molecule has 1 aliphatic rings. The molecule has 1 aromatic rings. The molecule has 0 amide bonds. The Morgan fingerprint density at radius 2 is 1.84 bits per heavy atom. The van der Waals surface area contributed by atoms with Gasteiger partial charge in [0.05, 0.1) is 5.75 Å². The normalized spacial score (nSPS) is 15.9. The van der Waals surface area contributed by atoms with E-state index in [1.807, 2.05) is 30.3 Å². The molecule has 0 unspecified atom stereocenters. The molecule has 4 nitrogen and oxygen atoms in total. The topological polar surface area (TPSA) is 63.4 Å². The van der Waals surface area contributed by atoms with Crippen molar-refractivity contribution in [2.75, 3.05) is 25.4 Å². The van der Waals surface area contributed by atoms with Crippen molar-refractivity contribution in [3.05, 3.63) is 35.9 Å².